The van der Waals surface area contributed by atoms with Crippen LogP contribution in [0.25, 0.3) is 0 Å². The average Bonchev–Trinajstić information content (AvgIpc) is 3.07. The van der Waals surface area contributed by atoms with Gasteiger partial charge in [-0.05, 0) is 79.5 Å². The molecule has 0 saturated heterocycles. The molecule has 5 heteroatoms. The van der Waals surface area contributed by atoms with E-state index in [1.54, 1.807) is 7.11 Å². The highest BCUT2D eigenvalue weighted by molar-refractivity contribution is 6.31. The first-order valence-corrected chi connectivity index (χ1v) is 16.9. The number of benzene rings is 3. The third kappa shape index (κ3) is 9.92. The van der Waals surface area contributed by atoms with E-state index in [9.17, 15) is 4.79 Å². The number of hydrogen-bond donors (Lipinski definition) is 0. The minimum atomic E-state index is -0.650. The SMILES string of the molecule is CC.CC.CCCC[C@]1(C=O)CC(OCc2ccccc2)C[C@](OC)(c2ccc(Cl)c(Cc3ccc(OCC)c(C)c3)c2)C1. The van der Waals surface area contributed by atoms with Crippen molar-refractivity contribution >= 4 is 17.9 Å². The molecule has 44 heavy (non-hydrogen) atoms. The standard InChI is InChI=1S/C35H43ClO4.2C2H6/c1-5-7-17-34(25-37)21-31(40-23-27-11-9-8-10-12-27)22-35(24-34,38-4)30-14-15-32(36)29(20-30)19-28-13-16-33(39-6-2)26(3)18-28;2*1-2/h8-16,18,20,25,31H,5-7,17,19,21-24H2,1-4H3;2*1-2H3/t31?,34-,35+;;/m0../s1. The highest BCUT2D eigenvalue weighted by Gasteiger charge is 2.50. The Kier molecular flexibility index (Phi) is 16.2. The van der Waals surface area contributed by atoms with Crippen LogP contribution in [0.5, 0.6) is 5.75 Å². The van der Waals surface area contributed by atoms with Gasteiger partial charge < -0.3 is 19.0 Å². The van der Waals surface area contributed by atoms with Crippen molar-refractivity contribution in [1.82, 2.24) is 0 Å². The summed E-state index contributed by atoms with van der Waals surface area (Å²) in [5.74, 6) is 0.908. The Labute approximate surface area is 272 Å². The Hall–Kier alpha value is -2.66. The molecule has 0 amide bonds. The Balaban J connectivity index is 0.00000162. The zero-order valence-corrected chi connectivity index (χ0v) is 29.1. The van der Waals surface area contributed by atoms with Crippen LogP contribution < -0.4 is 4.74 Å². The van der Waals surface area contributed by atoms with Crippen molar-refractivity contribution in [1.29, 1.82) is 0 Å². The van der Waals surface area contributed by atoms with Gasteiger partial charge in [-0.3, -0.25) is 0 Å². The van der Waals surface area contributed by atoms with Gasteiger partial charge in [-0.15, -0.1) is 0 Å². The summed E-state index contributed by atoms with van der Waals surface area (Å²) in [4.78, 5) is 12.8. The molecule has 1 saturated carbocycles. The van der Waals surface area contributed by atoms with Gasteiger partial charge >= 0.3 is 0 Å². The molecule has 4 nitrogen and oxygen atoms in total. The van der Waals surface area contributed by atoms with Crippen LogP contribution in [0.2, 0.25) is 5.02 Å². The average molecular weight is 623 g/mol. The van der Waals surface area contributed by atoms with Crippen LogP contribution in [-0.2, 0) is 32.9 Å². The molecule has 0 aliphatic heterocycles. The number of unbranched alkanes of at least 4 members (excludes halogenated alkanes) is 1. The van der Waals surface area contributed by atoms with Crippen LogP contribution in [0.4, 0.5) is 0 Å². The lowest BCUT2D eigenvalue weighted by atomic mass is 9.63. The van der Waals surface area contributed by atoms with Gasteiger partial charge in [-0.1, -0.05) is 114 Å². The number of carbonyl (C=O) groups is 1. The minimum Gasteiger partial charge on any atom is -0.494 e. The summed E-state index contributed by atoms with van der Waals surface area (Å²) in [5, 5.41) is 0.724. The van der Waals surface area contributed by atoms with Gasteiger partial charge in [0.1, 0.15) is 12.0 Å². The van der Waals surface area contributed by atoms with Crippen molar-refractivity contribution in [3.8, 4) is 5.75 Å². The molecule has 3 aromatic carbocycles. The number of hydrogen-bond acceptors (Lipinski definition) is 4. The molecule has 4 rings (SSSR count). The molecular formula is C39H55ClO4. The van der Waals surface area contributed by atoms with E-state index in [-0.39, 0.29) is 6.10 Å². The second-order valence-corrected chi connectivity index (χ2v) is 11.7. The summed E-state index contributed by atoms with van der Waals surface area (Å²) in [6, 6.07) is 22.7. The normalized spacial score (nSPS) is 20.9. The monoisotopic (exact) mass is 622 g/mol. The van der Waals surface area contributed by atoms with Gasteiger partial charge in [0, 0.05) is 24.0 Å². The fraction of sp³-hybridized carbons (Fsp3) is 0.513. The summed E-state index contributed by atoms with van der Waals surface area (Å²) in [7, 11) is 1.76. The van der Waals surface area contributed by atoms with Crippen molar-refractivity contribution in [2.24, 2.45) is 5.41 Å². The fourth-order valence-corrected chi connectivity index (χ4v) is 6.41. The summed E-state index contributed by atoms with van der Waals surface area (Å²) < 4.78 is 18.6. The van der Waals surface area contributed by atoms with Crippen molar-refractivity contribution in [2.75, 3.05) is 13.7 Å². The number of aldehydes is 1. The molecule has 3 aromatic rings. The largest absolute Gasteiger partial charge is 0.494 e. The first-order valence-electron chi connectivity index (χ1n) is 16.5. The summed E-state index contributed by atoms with van der Waals surface area (Å²) in [6.45, 7) is 15.4. The van der Waals surface area contributed by atoms with E-state index in [4.69, 9.17) is 25.8 Å². The van der Waals surface area contributed by atoms with E-state index in [0.29, 0.717) is 38.9 Å². The molecule has 0 aromatic heterocycles. The quantitative estimate of drug-likeness (QED) is 0.178. The summed E-state index contributed by atoms with van der Waals surface area (Å²) in [5.41, 5.74) is 4.34. The van der Waals surface area contributed by atoms with Crippen molar-refractivity contribution in [3.05, 3.63) is 99.6 Å². The van der Waals surface area contributed by atoms with Crippen LogP contribution >= 0.6 is 11.6 Å². The van der Waals surface area contributed by atoms with Gasteiger partial charge in [0.05, 0.1) is 24.9 Å². The van der Waals surface area contributed by atoms with E-state index in [1.165, 1.54) is 11.8 Å². The number of methoxy groups -OCH3 is 1. The lowest BCUT2D eigenvalue weighted by molar-refractivity contribution is -0.155. The number of aryl methyl sites for hydroxylation is 1. The Morgan fingerprint density at radius 1 is 0.932 bits per heavy atom. The molecule has 0 heterocycles. The van der Waals surface area contributed by atoms with Gasteiger partial charge in [-0.25, -0.2) is 0 Å². The van der Waals surface area contributed by atoms with Crippen LogP contribution in [0.15, 0.2) is 66.7 Å². The first kappa shape index (κ1) is 37.5. The fourth-order valence-electron chi connectivity index (χ4n) is 6.23. The number of carbonyl (C=O) groups excluding carboxylic acids is 1. The first-order chi connectivity index (χ1) is 21.4. The highest BCUT2D eigenvalue weighted by atomic mass is 35.5. The molecular weight excluding hydrogens is 568 g/mol. The van der Waals surface area contributed by atoms with Gasteiger partial charge in [0.25, 0.3) is 0 Å². The molecule has 0 spiro atoms. The smallest absolute Gasteiger partial charge is 0.126 e. The van der Waals surface area contributed by atoms with E-state index >= 15 is 0 Å². The predicted molar refractivity (Wildman–Crippen MR) is 185 cm³/mol. The molecule has 242 valence electrons. The van der Waals surface area contributed by atoms with Crippen molar-refractivity contribution in [2.45, 2.75) is 112 Å². The molecule has 0 bridgehead atoms. The Morgan fingerprint density at radius 3 is 2.27 bits per heavy atom. The maximum absolute atomic E-state index is 12.8. The minimum absolute atomic E-state index is 0.108. The van der Waals surface area contributed by atoms with E-state index in [1.807, 2.05) is 65.0 Å². The second-order valence-electron chi connectivity index (χ2n) is 11.3. The number of halogens is 1. The third-order valence-corrected chi connectivity index (χ3v) is 8.70. The predicted octanol–water partition coefficient (Wildman–Crippen LogP) is 10.7. The third-order valence-electron chi connectivity index (χ3n) is 8.33. The van der Waals surface area contributed by atoms with Crippen molar-refractivity contribution in [3.63, 3.8) is 0 Å². The van der Waals surface area contributed by atoms with Crippen molar-refractivity contribution < 1.29 is 19.0 Å². The van der Waals surface area contributed by atoms with Crippen LogP contribution in [-0.4, -0.2) is 26.1 Å². The molecule has 1 aliphatic carbocycles. The van der Waals surface area contributed by atoms with Gasteiger partial charge in [0.2, 0.25) is 0 Å². The molecule has 3 atom stereocenters. The lowest BCUT2D eigenvalue weighted by Crippen LogP contribution is -2.48. The maximum Gasteiger partial charge on any atom is 0.126 e. The highest BCUT2D eigenvalue weighted by Crippen LogP contribution is 2.51. The molecule has 1 aliphatic rings. The molecule has 0 radical (unpaired) electrons. The zero-order chi connectivity index (χ0) is 32.6. The maximum atomic E-state index is 12.8. The van der Waals surface area contributed by atoms with Gasteiger partial charge in [0.15, 0.2) is 0 Å². The van der Waals surface area contributed by atoms with Crippen LogP contribution in [0.1, 0.15) is 108 Å². The van der Waals surface area contributed by atoms with E-state index < -0.39 is 11.0 Å². The summed E-state index contributed by atoms with van der Waals surface area (Å²) >= 11 is 6.75. The lowest BCUT2D eigenvalue weighted by Gasteiger charge is -2.48. The Morgan fingerprint density at radius 2 is 1.66 bits per heavy atom. The van der Waals surface area contributed by atoms with E-state index in [2.05, 4.69) is 50.2 Å². The number of ether oxygens (including phenoxy) is 3. The second kappa shape index (κ2) is 19.0. The zero-order valence-electron chi connectivity index (χ0n) is 28.4. The molecule has 0 N–H and O–H groups in total. The molecule has 1 unspecified atom stereocenters. The Bertz CT molecular complexity index is 1260. The topological polar surface area (TPSA) is 44.8 Å². The van der Waals surface area contributed by atoms with Crippen LogP contribution in [0, 0.1) is 12.3 Å². The van der Waals surface area contributed by atoms with Crippen LogP contribution in [0.3, 0.4) is 0 Å². The summed E-state index contributed by atoms with van der Waals surface area (Å²) in [6.07, 6.45) is 6.65. The molecule has 1 fully saturated rings. The van der Waals surface area contributed by atoms with E-state index in [0.717, 1.165) is 52.3 Å². The number of rotatable bonds is 13. The van der Waals surface area contributed by atoms with Gasteiger partial charge in [-0.2, -0.15) is 0 Å².